The summed E-state index contributed by atoms with van der Waals surface area (Å²) in [7, 11) is 0. The molecule has 5 atom stereocenters. The van der Waals surface area contributed by atoms with Crippen molar-refractivity contribution in [3.05, 3.63) is 203 Å². The fourth-order valence-electron chi connectivity index (χ4n) is 8.50. The molecule has 0 bridgehead atoms. The van der Waals surface area contributed by atoms with Crippen molar-refractivity contribution >= 4 is 41.1 Å². The lowest BCUT2D eigenvalue weighted by molar-refractivity contribution is -0.156. The Kier molecular flexibility index (Phi) is 16.2. The molecule has 7 rings (SSSR count). The van der Waals surface area contributed by atoms with E-state index in [1.54, 1.807) is 48.3 Å². The number of aliphatic hydroxyl groups excluding tert-OH is 1. The van der Waals surface area contributed by atoms with Gasteiger partial charge in [-0.2, -0.15) is 11.8 Å². The number of esters is 1. The van der Waals surface area contributed by atoms with E-state index in [1.807, 2.05) is 75.2 Å². The Balaban J connectivity index is 1.20. The predicted octanol–water partition coefficient (Wildman–Crippen LogP) is 10.2. The van der Waals surface area contributed by atoms with E-state index in [0.29, 0.717) is 54.9 Å². The van der Waals surface area contributed by atoms with Gasteiger partial charge in [0.2, 0.25) is 0 Å². The highest BCUT2D eigenvalue weighted by atomic mass is 32.2. The van der Waals surface area contributed by atoms with E-state index in [0.717, 1.165) is 11.1 Å². The monoisotopic (exact) mass is 910 g/mol. The minimum atomic E-state index is -1.03. The molecule has 1 fully saturated rings. The molecule has 4 unspecified atom stereocenters. The summed E-state index contributed by atoms with van der Waals surface area (Å²) in [6.07, 6.45) is 4.82. The summed E-state index contributed by atoms with van der Waals surface area (Å²) < 4.78 is 19.4. The number of aryl methyl sites for hydroxylation is 2. The van der Waals surface area contributed by atoms with Crippen LogP contribution in [0.5, 0.6) is 0 Å². The Hall–Kier alpha value is -5.46. The van der Waals surface area contributed by atoms with E-state index < -0.39 is 34.5 Å². The molecule has 1 amide bonds. The van der Waals surface area contributed by atoms with E-state index in [2.05, 4.69) is 93.7 Å². The van der Waals surface area contributed by atoms with Crippen LogP contribution in [0.2, 0.25) is 0 Å². The number of ether oxygens (including phenoxy) is 1. The number of nitrogens with one attached hydrogen (secondary N) is 3. The molecule has 11 heteroatoms. The maximum atomic E-state index is 14.5. The number of aliphatic hydroxyl groups is 1. The Morgan fingerprint density at radius 3 is 2.02 bits per heavy atom. The van der Waals surface area contributed by atoms with Crippen molar-refractivity contribution in [2.75, 3.05) is 23.9 Å². The molecule has 0 saturated carbocycles. The summed E-state index contributed by atoms with van der Waals surface area (Å²) in [6, 6.07) is 47.4. The molecule has 65 heavy (non-hydrogen) atoms. The topological polar surface area (TPSA) is 113 Å². The highest BCUT2D eigenvalue weighted by molar-refractivity contribution is 8.01. The summed E-state index contributed by atoms with van der Waals surface area (Å²) in [6.45, 7) is 6.24. The molecule has 1 saturated heterocycles. The summed E-state index contributed by atoms with van der Waals surface area (Å²) in [5.41, 5.74) is 5.92. The van der Waals surface area contributed by atoms with Gasteiger partial charge in [-0.25, -0.2) is 9.18 Å². The number of amides is 1. The number of thioether (sulfide) groups is 2. The molecule has 1 aromatic heterocycles. The first-order chi connectivity index (χ1) is 31.4. The molecule has 0 spiro atoms. The average molecular weight is 911 g/mol. The Bertz CT molecular complexity index is 2340. The van der Waals surface area contributed by atoms with Crippen LogP contribution in [-0.4, -0.2) is 69.5 Å². The van der Waals surface area contributed by atoms with Gasteiger partial charge in [-0.05, 0) is 123 Å². The largest absolute Gasteiger partial charge is 0.458 e. The SMILES string of the molecule is CSCC[C@H](NC(=O)c1cc(NC(C(=O)OC(C)(C)C)C2CC(SC(c3ccccc3)(c3ccccc3)c3ccccc3)CN2)ccc1CCc1ccc(F)cc1)C(O)c1ccccn1. The van der Waals surface area contributed by atoms with Crippen molar-refractivity contribution < 1.29 is 23.8 Å². The van der Waals surface area contributed by atoms with Gasteiger partial charge in [0.15, 0.2) is 0 Å². The van der Waals surface area contributed by atoms with Gasteiger partial charge < -0.3 is 25.8 Å². The zero-order chi connectivity index (χ0) is 45.8. The van der Waals surface area contributed by atoms with Crippen molar-refractivity contribution in [3.63, 3.8) is 0 Å². The van der Waals surface area contributed by atoms with Crippen molar-refractivity contribution in [2.24, 2.45) is 0 Å². The van der Waals surface area contributed by atoms with E-state index in [9.17, 15) is 19.1 Å². The maximum absolute atomic E-state index is 14.5. The number of aromatic nitrogens is 1. The minimum Gasteiger partial charge on any atom is -0.458 e. The van der Waals surface area contributed by atoms with E-state index in [4.69, 9.17) is 4.74 Å². The number of pyridine rings is 1. The molecule has 4 N–H and O–H groups in total. The number of anilines is 1. The molecule has 6 aromatic rings. The van der Waals surface area contributed by atoms with Crippen molar-refractivity contribution in [1.29, 1.82) is 0 Å². The van der Waals surface area contributed by atoms with Crippen LogP contribution in [-0.2, 0) is 27.1 Å². The zero-order valence-electron chi connectivity index (χ0n) is 37.5. The maximum Gasteiger partial charge on any atom is 0.330 e. The minimum absolute atomic E-state index is 0.0891. The third kappa shape index (κ3) is 12.3. The van der Waals surface area contributed by atoms with Crippen LogP contribution in [0.3, 0.4) is 0 Å². The van der Waals surface area contributed by atoms with Gasteiger partial charge >= 0.3 is 5.97 Å². The van der Waals surface area contributed by atoms with Crippen LogP contribution in [0, 0.1) is 5.82 Å². The second kappa shape index (κ2) is 22.2. The van der Waals surface area contributed by atoms with Crippen LogP contribution >= 0.6 is 23.5 Å². The average Bonchev–Trinajstić information content (AvgIpc) is 3.79. The second-order valence-electron chi connectivity index (χ2n) is 17.5. The number of hydrogen-bond acceptors (Lipinski definition) is 9. The van der Waals surface area contributed by atoms with Crippen molar-refractivity contribution in [2.45, 2.75) is 86.3 Å². The highest BCUT2D eigenvalue weighted by Gasteiger charge is 2.44. The number of halogens is 1. The molecule has 8 nitrogen and oxygen atoms in total. The first-order valence-electron chi connectivity index (χ1n) is 22.3. The van der Waals surface area contributed by atoms with Crippen molar-refractivity contribution in [1.82, 2.24) is 15.6 Å². The molecule has 338 valence electrons. The Labute approximate surface area is 391 Å². The van der Waals surface area contributed by atoms with Gasteiger partial charge in [0.1, 0.15) is 23.6 Å². The van der Waals surface area contributed by atoms with Crippen LogP contribution in [0.4, 0.5) is 10.1 Å². The highest BCUT2D eigenvalue weighted by Crippen LogP contribution is 2.51. The van der Waals surface area contributed by atoms with Gasteiger partial charge in [0, 0.05) is 35.3 Å². The molecular weight excluding hydrogens is 852 g/mol. The number of carbonyl (C=O) groups is 2. The van der Waals surface area contributed by atoms with Gasteiger partial charge in [0.05, 0.1) is 16.5 Å². The lowest BCUT2D eigenvalue weighted by Crippen LogP contribution is -2.48. The smallest absolute Gasteiger partial charge is 0.330 e. The summed E-state index contributed by atoms with van der Waals surface area (Å²) in [4.78, 5) is 33.3. The molecule has 1 aliphatic rings. The number of rotatable bonds is 19. The van der Waals surface area contributed by atoms with Crippen molar-refractivity contribution in [3.8, 4) is 0 Å². The molecule has 0 aliphatic carbocycles. The fraction of sp³-hybridized carbons (Fsp3) is 0.315. The first kappa shape index (κ1) is 47.5. The van der Waals surface area contributed by atoms with Crippen LogP contribution in [0.25, 0.3) is 0 Å². The lowest BCUT2D eigenvalue weighted by Gasteiger charge is -2.37. The third-order valence-electron chi connectivity index (χ3n) is 11.7. The van der Waals surface area contributed by atoms with Gasteiger partial charge in [-0.1, -0.05) is 115 Å². The molecule has 2 heterocycles. The molecule has 1 aliphatic heterocycles. The quantitative estimate of drug-likeness (QED) is 0.0466. The van der Waals surface area contributed by atoms with Gasteiger partial charge in [0.25, 0.3) is 5.91 Å². The predicted molar refractivity (Wildman–Crippen MR) is 264 cm³/mol. The van der Waals surface area contributed by atoms with E-state index >= 15 is 0 Å². The first-order valence-corrected chi connectivity index (χ1v) is 24.5. The second-order valence-corrected chi connectivity index (χ2v) is 20.0. The molecular formula is C54H59FN4O4S2. The Morgan fingerprint density at radius 2 is 1.45 bits per heavy atom. The zero-order valence-corrected chi connectivity index (χ0v) is 39.1. The normalized spacial score (nSPS) is 16.6. The molecule has 0 radical (unpaired) electrons. The number of carbonyl (C=O) groups excluding carboxylic acids is 2. The summed E-state index contributed by atoms with van der Waals surface area (Å²) in [5, 5.41) is 22.0. The summed E-state index contributed by atoms with van der Waals surface area (Å²) in [5.74, 6) is -0.353. The molecule has 5 aromatic carbocycles. The third-order valence-corrected chi connectivity index (χ3v) is 14.1. The Morgan fingerprint density at radius 1 is 0.831 bits per heavy atom. The van der Waals surface area contributed by atoms with Gasteiger partial charge in [-0.15, -0.1) is 11.8 Å². The lowest BCUT2D eigenvalue weighted by atomic mass is 9.84. The van der Waals surface area contributed by atoms with Crippen LogP contribution in [0.15, 0.2) is 158 Å². The van der Waals surface area contributed by atoms with Gasteiger partial charge in [-0.3, -0.25) is 9.78 Å². The number of nitrogens with zero attached hydrogens (tertiary/aromatic N) is 1. The van der Waals surface area contributed by atoms with Crippen LogP contribution < -0.4 is 16.0 Å². The fourth-order valence-corrected chi connectivity index (χ4v) is 10.8. The number of hydrogen-bond donors (Lipinski definition) is 4. The standard InChI is InChI=1S/C54H59FN4O4S2/c1-53(2,3)63-52(62)49(48-35-44(36-57-48)65-54(39-16-8-5-9-17-39,40-18-10-6-11-19-40)41-20-12-7-13-21-41)58-43-30-27-38(26-23-37-24-28-42(55)29-25-37)45(34-43)51(61)59-47(31-33-64-4)50(60)46-22-14-15-32-56-46/h5-22,24-25,27-30,32,34,44,47-50,57-58,60H,23,26,31,33,35-36H2,1-4H3,(H,59,61)/t44?,47-,48?,49?,50?/m0/s1. The van der Waals surface area contributed by atoms with E-state index in [-0.39, 0.29) is 23.0 Å². The number of benzene rings is 5. The summed E-state index contributed by atoms with van der Waals surface area (Å²) >= 11 is 3.52. The van der Waals surface area contributed by atoms with E-state index in [1.165, 1.54) is 28.8 Å². The van der Waals surface area contributed by atoms with Crippen LogP contribution in [0.1, 0.15) is 83.6 Å².